The highest BCUT2D eigenvalue weighted by Gasteiger charge is 2.35. The lowest BCUT2D eigenvalue weighted by Crippen LogP contribution is -2.26. The fourth-order valence-corrected chi connectivity index (χ4v) is 3.16. The number of halogens is 3. The van der Waals surface area contributed by atoms with Crippen LogP contribution in [0.4, 0.5) is 13.2 Å². The van der Waals surface area contributed by atoms with Gasteiger partial charge in [0.1, 0.15) is 5.75 Å². The number of hydrogen-bond donors (Lipinski definition) is 1. The molecular weight excluding hydrogens is 425 g/mol. The van der Waals surface area contributed by atoms with Gasteiger partial charge in [-0.1, -0.05) is 0 Å². The van der Waals surface area contributed by atoms with Crippen molar-refractivity contribution < 1.29 is 22.7 Å². The Labute approximate surface area is 180 Å². The number of fused-ring (bicyclic) bond motifs is 1. The van der Waals surface area contributed by atoms with Crippen LogP contribution < -0.4 is 10.1 Å². The molecule has 0 unspecified atom stereocenters. The van der Waals surface area contributed by atoms with E-state index in [0.717, 1.165) is 6.07 Å². The number of aromatic nitrogens is 5. The smallest absolute Gasteiger partial charge is 0.433 e. The summed E-state index contributed by atoms with van der Waals surface area (Å²) in [5.74, 6) is -0.00294. The van der Waals surface area contributed by atoms with Gasteiger partial charge >= 0.3 is 6.18 Å². The van der Waals surface area contributed by atoms with Crippen LogP contribution in [0.3, 0.4) is 0 Å². The monoisotopic (exact) mass is 444 g/mol. The Hall–Kier alpha value is -3.89. The molecule has 1 amide bonds. The molecule has 0 saturated heterocycles. The number of carbonyl (C=O) groups is 1. The molecule has 0 aliphatic heterocycles. The molecule has 0 aliphatic carbocycles. The molecule has 0 aliphatic rings. The molecule has 11 heteroatoms. The summed E-state index contributed by atoms with van der Waals surface area (Å²) in [6, 6.07) is 10.4. The van der Waals surface area contributed by atoms with Crippen molar-refractivity contribution in [3.63, 3.8) is 0 Å². The largest absolute Gasteiger partial charge is 0.497 e. The van der Waals surface area contributed by atoms with E-state index in [1.807, 2.05) is 0 Å². The summed E-state index contributed by atoms with van der Waals surface area (Å²) in [6.45, 7) is 0.923. The van der Waals surface area contributed by atoms with Gasteiger partial charge in [-0.15, -0.1) is 0 Å². The first-order chi connectivity index (χ1) is 15.3. The summed E-state index contributed by atoms with van der Waals surface area (Å²) in [4.78, 5) is 16.7. The Bertz CT molecular complexity index is 1220. The van der Waals surface area contributed by atoms with E-state index < -0.39 is 17.8 Å². The van der Waals surface area contributed by atoms with Gasteiger partial charge in [-0.05, 0) is 42.8 Å². The van der Waals surface area contributed by atoms with Crippen molar-refractivity contribution in [2.45, 2.75) is 19.1 Å². The number of ether oxygens (including phenoxy) is 1. The first-order valence-corrected chi connectivity index (χ1v) is 9.73. The minimum atomic E-state index is -4.69. The number of nitrogens with zero attached hydrogens (tertiary/aromatic N) is 5. The maximum atomic E-state index is 13.7. The van der Waals surface area contributed by atoms with Gasteiger partial charge in [-0.3, -0.25) is 9.48 Å². The van der Waals surface area contributed by atoms with E-state index in [-0.39, 0.29) is 17.0 Å². The maximum absolute atomic E-state index is 13.7. The van der Waals surface area contributed by atoms with Gasteiger partial charge in [0, 0.05) is 37.1 Å². The van der Waals surface area contributed by atoms with Crippen molar-refractivity contribution in [3.05, 3.63) is 66.2 Å². The zero-order chi connectivity index (χ0) is 22.7. The minimum absolute atomic E-state index is 0.0765. The summed E-state index contributed by atoms with van der Waals surface area (Å²) >= 11 is 0. The predicted molar refractivity (Wildman–Crippen MR) is 109 cm³/mol. The number of carbonyl (C=O) groups excluding carboxylic acids is 1. The highest BCUT2D eigenvalue weighted by molar-refractivity contribution is 5.93. The molecule has 4 aromatic rings. The lowest BCUT2D eigenvalue weighted by molar-refractivity contribution is -0.142. The summed E-state index contributed by atoms with van der Waals surface area (Å²) in [5, 5.41) is 10.6. The zero-order valence-electron chi connectivity index (χ0n) is 17.0. The zero-order valence-corrected chi connectivity index (χ0v) is 17.0. The standard InChI is InChI=1S/C21H19F3N6O2/c1-32-15-6-4-14(5-7-15)16-12-18(21(22,23)24)30-19(27-16)13-17(28-30)20(31)25-8-2-10-29-11-3-9-26-29/h3-7,9,11-13H,2,8,10H2,1H3,(H,25,31). The second kappa shape index (κ2) is 8.69. The second-order valence-electron chi connectivity index (χ2n) is 6.93. The van der Waals surface area contributed by atoms with E-state index in [0.29, 0.717) is 35.3 Å². The Kier molecular flexibility index (Phi) is 5.80. The third-order valence-corrected chi connectivity index (χ3v) is 4.74. The topological polar surface area (TPSA) is 86.3 Å². The van der Waals surface area contributed by atoms with Crippen molar-refractivity contribution in [1.29, 1.82) is 0 Å². The second-order valence-corrected chi connectivity index (χ2v) is 6.93. The summed E-state index contributed by atoms with van der Waals surface area (Å²) in [7, 11) is 1.50. The molecule has 8 nitrogen and oxygen atoms in total. The van der Waals surface area contributed by atoms with Gasteiger partial charge in [-0.2, -0.15) is 23.4 Å². The van der Waals surface area contributed by atoms with Crippen molar-refractivity contribution in [2.75, 3.05) is 13.7 Å². The van der Waals surface area contributed by atoms with Gasteiger partial charge in [0.15, 0.2) is 17.0 Å². The number of amides is 1. The van der Waals surface area contributed by atoms with Gasteiger partial charge < -0.3 is 10.1 Å². The Morgan fingerprint density at radius 1 is 1.19 bits per heavy atom. The normalized spacial score (nSPS) is 11.6. The molecule has 4 rings (SSSR count). The van der Waals surface area contributed by atoms with Crippen LogP contribution in [0, 0.1) is 0 Å². The van der Waals surface area contributed by atoms with E-state index in [2.05, 4.69) is 20.5 Å². The summed E-state index contributed by atoms with van der Waals surface area (Å²) in [6.07, 6.45) is -0.629. The van der Waals surface area contributed by atoms with Crippen LogP contribution in [0.5, 0.6) is 5.75 Å². The highest BCUT2D eigenvalue weighted by atomic mass is 19.4. The molecule has 0 bridgehead atoms. The first kappa shape index (κ1) is 21.3. The van der Waals surface area contributed by atoms with Crippen LogP contribution >= 0.6 is 0 Å². The predicted octanol–water partition coefficient (Wildman–Crippen LogP) is 3.44. The Balaban J connectivity index is 1.59. The molecule has 0 radical (unpaired) electrons. The van der Waals surface area contributed by atoms with Crippen LogP contribution in [-0.2, 0) is 12.7 Å². The minimum Gasteiger partial charge on any atom is -0.497 e. The number of methoxy groups -OCH3 is 1. The van der Waals surface area contributed by atoms with Crippen LogP contribution in [-0.4, -0.2) is 43.9 Å². The maximum Gasteiger partial charge on any atom is 0.433 e. The van der Waals surface area contributed by atoms with Crippen LogP contribution in [0.1, 0.15) is 22.6 Å². The Morgan fingerprint density at radius 2 is 1.97 bits per heavy atom. The molecule has 1 N–H and O–H groups in total. The lowest BCUT2D eigenvalue weighted by Gasteiger charge is -2.11. The van der Waals surface area contributed by atoms with Gasteiger partial charge in [0.05, 0.1) is 12.8 Å². The van der Waals surface area contributed by atoms with Crippen LogP contribution in [0.15, 0.2) is 54.9 Å². The van der Waals surface area contributed by atoms with E-state index in [4.69, 9.17) is 4.74 Å². The summed E-state index contributed by atoms with van der Waals surface area (Å²) in [5.41, 5.74) is -0.657. The Morgan fingerprint density at radius 3 is 2.62 bits per heavy atom. The lowest BCUT2D eigenvalue weighted by atomic mass is 10.1. The van der Waals surface area contributed by atoms with E-state index in [1.54, 1.807) is 47.4 Å². The average Bonchev–Trinajstić information content (AvgIpc) is 3.45. The third-order valence-electron chi connectivity index (χ3n) is 4.74. The fraction of sp³-hybridized carbons (Fsp3) is 0.238. The number of benzene rings is 1. The highest BCUT2D eigenvalue weighted by Crippen LogP contribution is 2.32. The molecule has 32 heavy (non-hydrogen) atoms. The SMILES string of the molecule is COc1ccc(-c2cc(C(F)(F)F)n3nc(C(=O)NCCCn4cccn4)cc3n2)cc1. The molecular formula is C21H19F3N6O2. The van der Waals surface area contributed by atoms with Crippen molar-refractivity contribution in [1.82, 2.24) is 29.7 Å². The van der Waals surface area contributed by atoms with E-state index in [9.17, 15) is 18.0 Å². The number of hydrogen-bond acceptors (Lipinski definition) is 5. The van der Waals surface area contributed by atoms with Crippen molar-refractivity contribution in [3.8, 4) is 17.0 Å². The molecule has 3 aromatic heterocycles. The molecule has 1 aromatic carbocycles. The summed E-state index contributed by atoms with van der Waals surface area (Å²) < 4.78 is 48.6. The van der Waals surface area contributed by atoms with Gasteiger partial charge in [0.25, 0.3) is 5.91 Å². The van der Waals surface area contributed by atoms with E-state index in [1.165, 1.54) is 13.2 Å². The third kappa shape index (κ3) is 4.56. The van der Waals surface area contributed by atoms with Crippen molar-refractivity contribution >= 4 is 11.6 Å². The average molecular weight is 444 g/mol. The first-order valence-electron chi connectivity index (χ1n) is 9.73. The number of alkyl halides is 3. The number of aryl methyl sites for hydroxylation is 1. The van der Waals surface area contributed by atoms with Crippen molar-refractivity contribution in [2.24, 2.45) is 0 Å². The molecule has 166 valence electrons. The van der Waals surface area contributed by atoms with Crippen LogP contribution in [0.2, 0.25) is 0 Å². The number of rotatable bonds is 7. The fourth-order valence-electron chi connectivity index (χ4n) is 3.16. The van der Waals surface area contributed by atoms with Gasteiger partial charge in [-0.25, -0.2) is 9.50 Å². The molecule has 0 atom stereocenters. The van der Waals surface area contributed by atoms with Crippen LogP contribution in [0.25, 0.3) is 16.9 Å². The van der Waals surface area contributed by atoms with Gasteiger partial charge in [0.2, 0.25) is 0 Å². The quantitative estimate of drug-likeness (QED) is 0.442. The van der Waals surface area contributed by atoms with E-state index >= 15 is 0 Å². The molecule has 0 spiro atoms. The molecule has 0 saturated carbocycles. The number of nitrogens with one attached hydrogen (secondary N) is 1. The molecule has 0 fully saturated rings. The molecule has 3 heterocycles.